The molecule has 0 bridgehead atoms. The van der Waals surface area contributed by atoms with E-state index in [2.05, 4.69) is 40.7 Å². The van der Waals surface area contributed by atoms with E-state index in [1.54, 1.807) is 20.8 Å². The van der Waals surface area contributed by atoms with Crippen LogP contribution in [-0.4, -0.2) is 93.6 Å². The molecule has 0 spiro atoms. The van der Waals surface area contributed by atoms with Crippen molar-refractivity contribution in [1.82, 2.24) is 25.8 Å². The number of halogens is 1. The summed E-state index contributed by atoms with van der Waals surface area (Å²) in [4.78, 5) is 58.2. The lowest BCUT2D eigenvalue weighted by molar-refractivity contribution is 0.0514. The summed E-state index contributed by atoms with van der Waals surface area (Å²) in [7, 11) is 5.58. The van der Waals surface area contributed by atoms with Crippen LogP contribution in [0, 0.1) is 20.8 Å². The molecule has 310 valence electrons. The molecule has 5 N–H and O–H groups in total. The zero-order chi connectivity index (χ0) is 41.6. The predicted octanol–water partition coefficient (Wildman–Crippen LogP) is 3.60. The summed E-state index contributed by atoms with van der Waals surface area (Å²) in [6.45, 7) is 20.7. The van der Waals surface area contributed by atoms with Crippen LogP contribution in [0.15, 0.2) is 40.9 Å². The van der Waals surface area contributed by atoms with E-state index in [9.17, 15) is 24.0 Å². The van der Waals surface area contributed by atoms with E-state index in [1.165, 1.54) is 0 Å². The molecule has 0 aromatic carbocycles. The first-order valence-electron chi connectivity index (χ1n) is 17.0. The first kappa shape index (κ1) is 49.9. The van der Waals surface area contributed by atoms with E-state index in [0.29, 0.717) is 79.2 Å². The molecule has 0 saturated heterocycles. The Kier molecular flexibility index (Phi) is 23.2. The van der Waals surface area contributed by atoms with Gasteiger partial charge in [-0.2, -0.15) is 0 Å². The standard InChI is InChI=1S/C13H22N2O5.C8H14N2O3.C8H18N2O2.C5H5BrO3/c1-9-10(19-12(17)18-9)8-15(5)7-6-14-11(16)20-13(2,3)4;1-6-7(13-8(11)12-6)5-10(2)4-3-9;1-8(2,3)12-7(11)10-6-5-9-4;1-3-4(2-6)9-5(7)8-3/h6-8H2,1-5H3,(H,14,16);3-5,9H2,1-2H3;9H,5-6H2,1-4H3,(H,10,11);2H2,1H3. The Morgan fingerprint density at radius 1 is 0.648 bits per heavy atom. The molecule has 0 atom stereocenters. The first-order chi connectivity index (χ1) is 25.0. The number of amides is 2. The number of likely N-dealkylation sites (N-methyl/N-ethyl adjacent to an activating group) is 3. The number of nitrogens with two attached hydrogens (primary N) is 1. The highest BCUT2D eigenvalue weighted by atomic mass is 79.9. The van der Waals surface area contributed by atoms with Gasteiger partial charge in [0.05, 0.1) is 18.4 Å². The maximum Gasteiger partial charge on any atom is 0.519 e. The normalized spacial score (nSPS) is 11.1. The van der Waals surface area contributed by atoms with Crippen molar-refractivity contribution in [2.75, 3.05) is 60.4 Å². The molecule has 0 aliphatic rings. The molecule has 3 heterocycles. The Bertz CT molecular complexity index is 1670. The summed E-state index contributed by atoms with van der Waals surface area (Å²) < 4.78 is 38.5. The molecular weight excluding hydrogens is 780 g/mol. The zero-order valence-electron chi connectivity index (χ0n) is 33.5. The van der Waals surface area contributed by atoms with Gasteiger partial charge in [-0.15, -0.1) is 0 Å². The number of hydrogen-bond donors (Lipinski definition) is 4. The first-order valence-corrected chi connectivity index (χ1v) is 18.1. The average molecular weight is 840 g/mol. The van der Waals surface area contributed by atoms with Crippen molar-refractivity contribution >= 4 is 28.1 Å². The number of hydrogen-bond acceptors (Lipinski definition) is 17. The molecular formula is C34H59BrN6O13. The molecule has 0 radical (unpaired) electrons. The molecule has 3 aromatic heterocycles. The highest BCUT2D eigenvalue weighted by Crippen LogP contribution is 2.10. The fraction of sp³-hybridized carbons (Fsp3) is 0.676. The zero-order valence-corrected chi connectivity index (χ0v) is 35.1. The van der Waals surface area contributed by atoms with E-state index < -0.39 is 34.8 Å². The third-order valence-electron chi connectivity index (χ3n) is 6.17. The molecule has 3 aromatic rings. The Morgan fingerprint density at radius 3 is 1.31 bits per heavy atom. The van der Waals surface area contributed by atoms with Crippen molar-refractivity contribution in [3.05, 3.63) is 66.4 Å². The van der Waals surface area contributed by atoms with Crippen LogP contribution < -0.4 is 39.2 Å². The SMILES string of the molecule is CNCCNC(=O)OC(C)(C)C.Cc1oc(=O)oc1CBr.Cc1oc(=O)oc1CN(C)CCN.Cc1oc(=O)oc1CN(C)CCNC(=O)OC(C)(C)C. The topological polar surface area (TPSA) is 251 Å². The van der Waals surface area contributed by atoms with Gasteiger partial charge in [0.1, 0.15) is 28.5 Å². The molecule has 0 saturated carbocycles. The lowest BCUT2D eigenvalue weighted by Crippen LogP contribution is -2.36. The maximum atomic E-state index is 11.4. The monoisotopic (exact) mass is 838 g/mol. The Balaban J connectivity index is 0.000000725. The number of carbonyl (C=O) groups excluding carboxylic acids is 2. The molecule has 20 heteroatoms. The van der Waals surface area contributed by atoms with Gasteiger partial charge in [-0.25, -0.2) is 24.0 Å². The summed E-state index contributed by atoms with van der Waals surface area (Å²) in [5.41, 5.74) is 4.45. The second-order valence-electron chi connectivity index (χ2n) is 13.7. The van der Waals surface area contributed by atoms with Crippen molar-refractivity contribution in [1.29, 1.82) is 0 Å². The maximum absolute atomic E-state index is 11.4. The highest BCUT2D eigenvalue weighted by Gasteiger charge is 2.17. The van der Waals surface area contributed by atoms with Gasteiger partial charge in [0.25, 0.3) is 0 Å². The minimum Gasteiger partial charge on any atom is -0.444 e. The largest absolute Gasteiger partial charge is 0.519 e. The van der Waals surface area contributed by atoms with Gasteiger partial charge in [-0.05, 0) is 83.5 Å². The Hall–Kier alpha value is -4.11. The molecule has 0 aliphatic carbocycles. The van der Waals surface area contributed by atoms with Gasteiger partial charge >= 0.3 is 29.7 Å². The summed E-state index contributed by atoms with van der Waals surface area (Å²) in [5.74, 6) is 1.19. The van der Waals surface area contributed by atoms with Gasteiger partial charge in [0.2, 0.25) is 0 Å². The molecule has 0 fully saturated rings. The van der Waals surface area contributed by atoms with E-state index in [0.717, 1.165) is 13.1 Å². The van der Waals surface area contributed by atoms with Gasteiger partial charge in [-0.1, -0.05) is 15.9 Å². The lowest BCUT2D eigenvalue weighted by Gasteiger charge is -2.20. The minimum absolute atomic E-state index is 0.363. The molecule has 3 rings (SSSR count). The van der Waals surface area contributed by atoms with Crippen LogP contribution in [0.4, 0.5) is 9.59 Å². The predicted molar refractivity (Wildman–Crippen MR) is 203 cm³/mol. The average Bonchev–Trinajstić information content (AvgIpc) is 3.64. The third kappa shape index (κ3) is 24.3. The molecule has 0 aliphatic heterocycles. The number of rotatable bonds is 13. The number of nitrogens with zero attached hydrogens (tertiary/aromatic N) is 2. The summed E-state index contributed by atoms with van der Waals surface area (Å²) in [6, 6.07) is 0. The summed E-state index contributed by atoms with van der Waals surface area (Å²) >= 11 is 3.13. The van der Waals surface area contributed by atoms with Gasteiger partial charge in [0, 0.05) is 39.3 Å². The fourth-order valence-corrected chi connectivity index (χ4v) is 4.18. The van der Waals surface area contributed by atoms with E-state index in [-0.39, 0.29) is 6.09 Å². The van der Waals surface area contributed by atoms with E-state index in [4.69, 9.17) is 32.9 Å². The van der Waals surface area contributed by atoms with Crippen LogP contribution in [0.5, 0.6) is 0 Å². The number of aryl methyl sites for hydroxylation is 3. The second-order valence-corrected chi connectivity index (χ2v) is 14.2. The van der Waals surface area contributed by atoms with Gasteiger partial charge in [-0.3, -0.25) is 9.80 Å². The van der Waals surface area contributed by atoms with Crippen LogP contribution in [-0.2, 0) is 27.9 Å². The smallest absolute Gasteiger partial charge is 0.444 e. The quantitative estimate of drug-likeness (QED) is 0.142. The molecule has 2 amide bonds. The third-order valence-corrected chi connectivity index (χ3v) is 6.68. The van der Waals surface area contributed by atoms with Crippen LogP contribution in [0.1, 0.15) is 76.1 Å². The fourth-order valence-electron chi connectivity index (χ4n) is 3.67. The number of nitrogens with one attached hydrogen (secondary N) is 3. The number of alkyl halides is 1. The van der Waals surface area contributed by atoms with E-state index >= 15 is 0 Å². The van der Waals surface area contributed by atoms with Crippen LogP contribution >= 0.6 is 15.9 Å². The summed E-state index contributed by atoms with van der Waals surface area (Å²) in [5, 5.41) is 8.71. The van der Waals surface area contributed by atoms with Crippen LogP contribution in [0.25, 0.3) is 0 Å². The van der Waals surface area contributed by atoms with Gasteiger partial charge < -0.3 is 57.7 Å². The lowest BCUT2D eigenvalue weighted by atomic mass is 10.2. The molecule has 54 heavy (non-hydrogen) atoms. The van der Waals surface area contributed by atoms with Crippen molar-refractivity contribution in [2.24, 2.45) is 5.73 Å². The Labute approximate surface area is 323 Å². The second kappa shape index (κ2) is 25.1. The highest BCUT2D eigenvalue weighted by molar-refractivity contribution is 9.08. The van der Waals surface area contributed by atoms with Crippen LogP contribution in [0.2, 0.25) is 0 Å². The van der Waals surface area contributed by atoms with Crippen LogP contribution in [0.3, 0.4) is 0 Å². The van der Waals surface area contributed by atoms with Crippen molar-refractivity contribution in [3.8, 4) is 0 Å². The van der Waals surface area contributed by atoms with Gasteiger partial charge in [0.15, 0.2) is 17.3 Å². The number of carbonyl (C=O) groups is 2. The van der Waals surface area contributed by atoms with Crippen molar-refractivity contribution in [3.63, 3.8) is 0 Å². The number of ether oxygens (including phenoxy) is 2. The summed E-state index contributed by atoms with van der Waals surface area (Å²) in [6.07, 6.45) is -0.810. The minimum atomic E-state index is -0.697. The number of alkyl carbamates (subject to hydrolysis) is 2. The van der Waals surface area contributed by atoms with Crippen molar-refractivity contribution in [2.45, 2.75) is 91.9 Å². The molecule has 0 unspecified atom stereocenters. The Morgan fingerprint density at radius 2 is 1.02 bits per heavy atom. The van der Waals surface area contributed by atoms with Crippen molar-refractivity contribution < 1.29 is 45.6 Å². The van der Waals surface area contributed by atoms with E-state index in [1.807, 2.05) is 72.5 Å². The molecule has 19 nitrogen and oxygen atoms in total.